The minimum absolute atomic E-state index is 0.513. The van der Waals surface area contributed by atoms with Crippen LogP contribution >= 0.6 is 0 Å². The first-order valence-electron chi connectivity index (χ1n) is 9.27. The topological polar surface area (TPSA) is 76.8 Å². The minimum Gasteiger partial charge on any atom is -0.497 e. The van der Waals surface area contributed by atoms with Crippen LogP contribution in [0.2, 0.25) is 0 Å². The van der Waals surface area contributed by atoms with Crippen molar-refractivity contribution >= 4 is 5.96 Å². The first-order valence-corrected chi connectivity index (χ1v) is 9.27. The van der Waals surface area contributed by atoms with Crippen molar-refractivity contribution in [2.45, 2.75) is 39.4 Å². The van der Waals surface area contributed by atoms with Gasteiger partial charge < -0.3 is 24.3 Å². The quantitative estimate of drug-likeness (QED) is 0.590. The lowest BCUT2D eigenvalue weighted by Gasteiger charge is -2.23. The van der Waals surface area contributed by atoms with Crippen molar-refractivity contribution in [2.75, 3.05) is 27.8 Å². The second kappa shape index (κ2) is 8.75. The fourth-order valence-electron chi connectivity index (χ4n) is 3.26. The van der Waals surface area contributed by atoms with Crippen molar-refractivity contribution < 1.29 is 9.47 Å². The lowest BCUT2D eigenvalue weighted by Crippen LogP contribution is -2.38. The van der Waals surface area contributed by atoms with Gasteiger partial charge in [-0.3, -0.25) is 0 Å². The number of ether oxygens (including phenoxy) is 2. The van der Waals surface area contributed by atoms with Gasteiger partial charge in [0, 0.05) is 44.7 Å². The van der Waals surface area contributed by atoms with Crippen LogP contribution < -0.4 is 14.8 Å². The SMILES string of the molecule is CCNC(=NCc1nnc2n1CCC2)N(C)Cc1ccc(OC)cc1OC. The van der Waals surface area contributed by atoms with Gasteiger partial charge in [-0.2, -0.15) is 0 Å². The molecule has 0 unspecified atom stereocenters. The lowest BCUT2D eigenvalue weighted by atomic mass is 10.2. The molecule has 1 N–H and O–H groups in total. The highest BCUT2D eigenvalue weighted by molar-refractivity contribution is 5.79. The molecule has 1 aromatic carbocycles. The number of nitrogens with one attached hydrogen (secondary N) is 1. The summed E-state index contributed by atoms with van der Waals surface area (Å²) in [5.74, 6) is 4.40. The molecule has 0 saturated carbocycles. The molecule has 2 heterocycles. The van der Waals surface area contributed by atoms with E-state index in [9.17, 15) is 0 Å². The van der Waals surface area contributed by atoms with Crippen molar-refractivity contribution in [3.05, 3.63) is 35.4 Å². The number of hydrogen-bond donors (Lipinski definition) is 1. The fourth-order valence-corrected chi connectivity index (χ4v) is 3.26. The van der Waals surface area contributed by atoms with Crippen molar-refractivity contribution in [3.8, 4) is 11.5 Å². The number of fused-ring (bicyclic) bond motifs is 1. The van der Waals surface area contributed by atoms with Crippen molar-refractivity contribution in [2.24, 2.45) is 4.99 Å². The summed E-state index contributed by atoms with van der Waals surface area (Å²) in [4.78, 5) is 6.84. The number of aromatic nitrogens is 3. The maximum absolute atomic E-state index is 5.51. The zero-order valence-corrected chi connectivity index (χ0v) is 16.5. The van der Waals surface area contributed by atoms with E-state index in [-0.39, 0.29) is 0 Å². The number of aryl methyl sites for hydroxylation is 1. The van der Waals surface area contributed by atoms with Crippen LogP contribution in [0.4, 0.5) is 0 Å². The molecule has 27 heavy (non-hydrogen) atoms. The summed E-state index contributed by atoms with van der Waals surface area (Å²) in [5.41, 5.74) is 1.06. The number of guanidine groups is 1. The molecule has 3 rings (SSSR count). The summed E-state index contributed by atoms with van der Waals surface area (Å²) in [6, 6.07) is 5.85. The summed E-state index contributed by atoms with van der Waals surface area (Å²) in [6.07, 6.45) is 2.15. The van der Waals surface area contributed by atoms with Gasteiger partial charge in [-0.25, -0.2) is 4.99 Å². The largest absolute Gasteiger partial charge is 0.497 e. The molecule has 1 aliphatic heterocycles. The minimum atomic E-state index is 0.513. The van der Waals surface area contributed by atoms with Gasteiger partial charge in [-0.05, 0) is 25.5 Å². The number of nitrogens with zero attached hydrogens (tertiary/aromatic N) is 5. The van der Waals surface area contributed by atoms with E-state index in [1.807, 2.05) is 25.2 Å². The fraction of sp³-hybridized carbons (Fsp3) is 0.526. The summed E-state index contributed by atoms with van der Waals surface area (Å²) < 4.78 is 13.0. The van der Waals surface area contributed by atoms with E-state index in [2.05, 4.69) is 31.9 Å². The Hall–Kier alpha value is -2.77. The Kier molecular flexibility index (Phi) is 6.16. The highest BCUT2D eigenvalue weighted by Crippen LogP contribution is 2.25. The van der Waals surface area contributed by atoms with E-state index < -0.39 is 0 Å². The number of hydrogen-bond acceptors (Lipinski definition) is 5. The maximum atomic E-state index is 5.51. The highest BCUT2D eigenvalue weighted by atomic mass is 16.5. The van der Waals surface area contributed by atoms with E-state index in [1.54, 1.807) is 14.2 Å². The molecular formula is C19H28N6O2. The molecule has 0 fully saturated rings. The van der Waals surface area contributed by atoms with Gasteiger partial charge in [0.05, 0.1) is 14.2 Å². The van der Waals surface area contributed by atoms with Crippen LogP contribution in [0, 0.1) is 0 Å². The number of benzene rings is 1. The molecule has 0 saturated heterocycles. The van der Waals surface area contributed by atoms with Crippen LogP contribution in [-0.4, -0.2) is 53.4 Å². The summed E-state index contributed by atoms with van der Waals surface area (Å²) in [5, 5.41) is 11.9. The van der Waals surface area contributed by atoms with Gasteiger partial charge >= 0.3 is 0 Å². The molecule has 8 heteroatoms. The van der Waals surface area contributed by atoms with Crippen LogP contribution in [0.1, 0.15) is 30.6 Å². The van der Waals surface area contributed by atoms with Crippen LogP contribution in [0.15, 0.2) is 23.2 Å². The molecule has 0 spiro atoms. The average molecular weight is 372 g/mol. The van der Waals surface area contributed by atoms with Crippen LogP contribution in [-0.2, 0) is 26.1 Å². The Labute approximate surface area is 160 Å². The predicted molar refractivity (Wildman–Crippen MR) is 104 cm³/mol. The number of aliphatic imine (C=N–C) groups is 1. The molecule has 2 aromatic rings. The Morgan fingerprint density at radius 2 is 2.15 bits per heavy atom. The van der Waals surface area contributed by atoms with E-state index in [0.29, 0.717) is 13.1 Å². The average Bonchev–Trinajstić information content (AvgIpc) is 3.29. The standard InChI is InChI=1S/C19H28N6O2/c1-5-20-19(21-12-18-23-22-17-7-6-10-25(17)18)24(2)13-14-8-9-15(26-3)11-16(14)27-4/h8-9,11H,5-7,10,12-13H2,1-4H3,(H,20,21). The van der Waals surface area contributed by atoms with E-state index >= 15 is 0 Å². The molecule has 0 atom stereocenters. The van der Waals surface area contributed by atoms with Gasteiger partial charge in [-0.1, -0.05) is 0 Å². The summed E-state index contributed by atoms with van der Waals surface area (Å²) in [6.45, 7) is 5.02. The van der Waals surface area contributed by atoms with Gasteiger partial charge in [0.1, 0.15) is 23.9 Å². The van der Waals surface area contributed by atoms with Crippen molar-refractivity contribution in [1.29, 1.82) is 0 Å². The molecule has 146 valence electrons. The zero-order valence-electron chi connectivity index (χ0n) is 16.5. The predicted octanol–water partition coefficient (Wildman–Crippen LogP) is 1.84. The second-order valence-electron chi connectivity index (χ2n) is 6.49. The van der Waals surface area contributed by atoms with E-state index in [1.165, 1.54) is 0 Å². The van der Waals surface area contributed by atoms with Crippen LogP contribution in [0.3, 0.4) is 0 Å². The van der Waals surface area contributed by atoms with Crippen LogP contribution in [0.5, 0.6) is 11.5 Å². The molecule has 1 aromatic heterocycles. The second-order valence-corrected chi connectivity index (χ2v) is 6.49. The Balaban J connectivity index is 1.74. The molecule has 0 aliphatic carbocycles. The van der Waals surface area contributed by atoms with Gasteiger partial charge in [0.25, 0.3) is 0 Å². The zero-order chi connectivity index (χ0) is 19.2. The summed E-state index contributed by atoms with van der Waals surface area (Å²) in [7, 11) is 5.33. The van der Waals surface area contributed by atoms with E-state index in [4.69, 9.17) is 14.5 Å². The molecule has 0 radical (unpaired) electrons. The Morgan fingerprint density at radius 1 is 1.30 bits per heavy atom. The molecule has 8 nitrogen and oxygen atoms in total. The Morgan fingerprint density at radius 3 is 2.89 bits per heavy atom. The van der Waals surface area contributed by atoms with Crippen molar-refractivity contribution in [3.63, 3.8) is 0 Å². The molecule has 0 amide bonds. The summed E-state index contributed by atoms with van der Waals surface area (Å²) >= 11 is 0. The van der Waals surface area contributed by atoms with Crippen LogP contribution in [0.25, 0.3) is 0 Å². The third-order valence-electron chi connectivity index (χ3n) is 4.65. The number of methoxy groups -OCH3 is 2. The monoisotopic (exact) mass is 372 g/mol. The lowest BCUT2D eigenvalue weighted by molar-refractivity contribution is 0.382. The normalized spacial score (nSPS) is 13.4. The maximum Gasteiger partial charge on any atom is 0.194 e. The smallest absolute Gasteiger partial charge is 0.194 e. The van der Waals surface area contributed by atoms with Crippen molar-refractivity contribution in [1.82, 2.24) is 25.0 Å². The first kappa shape index (κ1) is 19.0. The Bertz CT molecular complexity index is 801. The highest BCUT2D eigenvalue weighted by Gasteiger charge is 2.17. The van der Waals surface area contributed by atoms with E-state index in [0.717, 1.165) is 60.6 Å². The third kappa shape index (κ3) is 4.32. The van der Waals surface area contributed by atoms with Gasteiger partial charge in [-0.15, -0.1) is 10.2 Å². The number of rotatable bonds is 7. The molecule has 0 bridgehead atoms. The van der Waals surface area contributed by atoms with Gasteiger partial charge in [0.15, 0.2) is 11.8 Å². The first-order chi connectivity index (χ1) is 13.2. The molecular weight excluding hydrogens is 344 g/mol. The third-order valence-corrected chi connectivity index (χ3v) is 4.65. The molecule has 1 aliphatic rings. The van der Waals surface area contributed by atoms with Gasteiger partial charge in [0.2, 0.25) is 0 Å².